The molecule has 1 aromatic rings. The van der Waals surface area contributed by atoms with E-state index >= 15 is 0 Å². The Morgan fingerprint density at radius 2 is 2.05 bits per heavy atom. The summed E-state index contributed by atoms with van der Waals surface area (Å²) >= 11 is 1.23. The lowest BCUT2D eigenvalue weighted by atomic mass is 10.0. The highest BCUT2D eigenvalue weighted by molar-refractivity contribution is 7.09. The maximum atomic E-state index is 12.6. The van der Waals surface area contributed by atoms with Crippen LogP contribution in [0.15, 0.2) is 5.38 Å². The van der Waals surface area contributed by atoms with E-state index in [4.69, 9.17) is 5.73 Å². The molecular formula is C11H16F4N2OS. The molecule has 1 heterocycles. The maximum Gasteiger partial charge on any atom is 0.330 e. The molecule has 1 aromatic heterocycles. The van der Waals surface area contributed by atoms with E-state index in [0.29, 0.717) is 5.01 Å². The Balaban J connectivity index is 2.47. The fraction of sp³-hybridized carbons (Fsp3) is 0.727. The van der Waals surface area contributed by atoms with Gasteiger partial charge in [-0.15, -0.1) is 11.3 Å². The Morgan fingerprint density at radius 1 is 1.42 bits per heavy atom. The van der Waals surface area contributed by atoms with Crippen molar-refractivity contribution in [3.05, 3.63) is 16.1 Å². The Morgan fingerprint density at radius 3 is 2.58 bits per heavy atom. The van der Waals surface area contributed by atoms with E-state index in [0.717, 1.165) is 5.69 Å². The molecule has 0 aliphatic carbocycles. The second kappa shape index (κ2) is 6.62. The van der Waals surface area contributed by atoms with Crippen LogP contribution < -0.4 is 5.73 Å². The predicted octanol–water partition coefficient (Wildman–Crippen LogP) is 3.01. The number of nitrogens with two attached hydrogens (primary N) is 1. The molecule has 0 saturated heterocycles. The van der Waals surface area contributed by atoms with Crippen molar-refractivity contribution in [2.75, 3.05) is 6.61 Å². The molecular weight excluding hydrogens is 284 g/mol. The molecule has 2 N–H and O–H groups in total. The van der Waals surface area contributed by atoms with Crippen LogP contribution in [0.1, 0.15) is 30.5 Å². The summed E-state index contributed by atoms with van der Waals surface area (Å²) in [4.78, 5) is 4.18. The minimum absolute atomic E-state index is 0.0347. The van der Waals surface area contributed by atoms with Gasteiger partial charge in [-0.1, -0.05) is 6.92 Å². The first-order valence-corrected chi connectivity index (χ1v) is 6.55. The largest absolute Gasteiger partial charge is 0.368 e. The number of aromatic nitrogens is 1. The molecule has 2 atom stereocenters. The third-order valence-corrected chi connectivity index (χ3v) is 3.50. The second-order valence-corrected chi connectivity index (χ2v) is 5.31. The van der Waals surface area contributed by atoms with Gasteiger partial charge in [-0.3, -0.25) is 0 Å². The molecule has 0 saturated carbocycles. The van der Waals surface area contributed by atoms with Gasteiger partial charge in [-0.25, -0.2) is 13.8 Å². The van der Waals surface area contributed by atoms with Gasteiger partial charge >= 0.3 is 12.3 Å². The standard InChI is InChI=1S/C11H16F4N2OS/c1-6(7(2)16)8-4-19-9(17-8)3-18-5-11(14,15)10(12)13/h4,6-7,10H,3,5,16H2,1-2H3. The number of rotatable bonds is 7. The van der Waals surface area contributed by atoms with Crippen LogP contribution in [0.2, 0.25) is 0 Å². The first kappa shape index (κ1) is 16.3. The molecule has 2 unspecified atom stereocenters. The molecule has 1 rings (SSSR count). The maximum absolute atomic E-state index is 12.6. The fourth-order valence-corrected chi connectivity index (χ4v) is 2.04. The summed E-state index contributed by atoms with van der Waals surface area (Å²) in [5, 5.41) is 2.23. The van der Waals surface area contributed by atoms with Crippen molar-refractivity contribution in [3.8, 4) is 0 Å². The van der Waals surface area contributed by atoms with Crippen molar-refractivity contribution in [2.45, 2.75) is 44.8 Å². The molecule has 8 heteroatoms. The Bertz CT molecular complexity index is 398. The van der Waals surface area contributed by atoms with Crippen LogP contribution in [0.25, 0.3) is 0 Å². The van der Waals surface area contributed by atoms with Gasteiger partial charge in [0, 0.05) is 17.3 Å². The van der Waals surface area contributed by atoms with Crippen LogP contribution in [0, 0.1) is 0 Å². The van der Waals surface area contributed by atoms with Crippen molar-refractivity contribution in [1.29, 1.82) is 0 Å². The van der Waals surface area contributed by atoms with E-state index in [-0.39, 0.29) is 18.6 Å². The van der Waals surface area contributed by atoms with Crippen molar-refractivity contribution >= 4 is 11.3 Å². The number of hydrogen-bond donors (Lipinski definition) is 1. The molecule has 0 aromatic carbocycles. The smallest absolute Gasteiger partial charge is 0.330 e. The summed E-state index contributed by atoms with van der Waals surface area (Å²) in [5.74, 6) is -4.09. The SMILES string of the molecule is CC(N)C(C)c1csc(COCC(F)(F)C(F)F)n1. The van der Waals surface area contributed by atoms with Crippen LogP contribution in [-0.2, 0) is 11.3 Å². The van der Waals surface area contributed by atoms with Crippen molar-refractivity contribution in [1.82, 2.24) is 4.98 Å². The summed E-state index contributed by atoms with van der Waals surface area (Å²) in [6, 6.07) is -0.0842. The van der Waals surface area contributed by atoms with Gasteiger partial charge in [-0.05, 0) is 6.92 Å². The molecule has 0 aliphatic heterocycles. The van der Waals surface area contributed by atoms with Crippen LogP contribution in [0.4, 0.5) is 17.6 Å². The minimum atomic E-state index is -4.13. The van der Waals surface area contributed by atoms with E-state index in [1.165, 1.54) is 11.3 Å². The highest BCUT2D eigenvalue weighted by Gasteiger charge is 2.41. The van der Waals surface area contributed by atoms with E-state index in [1.54, 1.807) is 5.38 Å². The quantitative estimate of drug-likeness (QED) is 0.787. The van der Waals surface area contributed by atoms with Gasteiger partial charge in [0.1, 0.15) is 11.6 Å². The van der Waals surface area contributed by atoms with Gasteiger partial charge < -0.3 is 10.5 Å². The van der Waals surface area contributed by atoms with E-state index in [9.17, 15) is 17.6 Å². The Hall–Kier alpha value is -0.730. The minimum Gasteiger partial charge on any atom is -0.368 e. The molecule has 110 valence electrons. The lowest BCUT2D eigenvalue weighted by Gasteiger charge is -2.14. The number of ether oxygens (including phenoxy) is 1. The lowest BCUT2D eigenvalue weighted by Crippen LogP contribution is -2.32. The van der Waals surface area contributed by atoms with Crippen LogP contribution in [-0.4, -0.2) is 30.0 Å². The highest BCUT2D eigenvalue weighted by Crippen LogP contribution is 2.24. The van der Waals surface area contributed by atoms with Gasteiger partial charge in [0.25, 0.3) is 0 Å². The molecule has 0 amide bonds. The molecule has 0 radical (unpaired) electrons. The molecule has 3 nitrogen and oxygen atoms in total. The molecule has 0 aliphatic rings. The monoisotopic (exact) mass is 300 g/mol. The summed E-state index contributed by atoms with van der Waals surface area (Å²) in [6.07, 6.45) is -3.72. The zero-order valence-electron chi connectivity index (χ0n) is 10.6. The first-order valence-electron chi connectivity index (χ1n) is 5.67. The van der Waals surface area contributed by atoms with Gasteiger partial charge in [0.15, 0.2) is 0 Å². The summed E-state index contributed by atoms with van der Waals surface area (Å²) in [5.41, 5.74) is 6.47. The van der Waals surface area contributed by atoms with Crippen LogP contribution >= 0.6 is 11.3 Å². The van der Waals surface area contributed by atoms with Gasteiger partial charge in [0.05, 0.1) is 12.3 Å². The normalized spacial score (nSPS) is 15.8. The van der Waals surface area contributed by atoms with E-state index in [2.05, 4.69) is 9.72 Å². The summed E-state index contributed by atoms with van der Waals surface area (Å²) in [7, 11) is 0. The molecule has 0 spiro atoms. The second-order valence-electron chi connectivity index (χ2n) is 4.37. The number of hydrogen-bond acceptors (Lipinski definition) is 4. The predicted molar refractivity (Wildman–Crippen MR) is 64.8 cm³/mol. The molecule has 0 bridgehead atoms. The molecule has 0 fully saturated rings. The zero-order chi connectivity index (χ0) is 14.6. The summed E-state index contributed by atoms with van der Waals surface area (Å²) in [6.45, 7) is 2.21. The third-order valence-electron chi connectivity index (χ3n) is 2.66. The third kappa shape index (κ3) is 4.70. The number of alkyl halides is 4. The summed E-state index contributed by atoms with van der Waals surface area (Å²) < 4.78 is 53.5. The fourth-order valence-electron chi connectivity index (χ4n) is 1.21. The van der Waals surface area contributed by atoms with Gasteiger partial charge in [-0.2, -0.15) is 8.78 Å². The van der Waals surface area contributed by atoms with Gasteiger partial charge in [0.2, 0.25) is 0 Å². The number of nitrogens with zero attached hydrogens (tertiary/aromatic N) is 1. The average molecular weight is 300 g/mol. The topological polar surface area (TPSA) is 48.1 Å². The average Bonchev–Trinajstić information content (AvgIpc) is 2.76. The van der Waals surface area contributed by atoms with Crippen molar-refractivity contribution in [2.24, 2.45) is 5.73 Å². The van der Waals surface area contributed by atoms with E-state index < -0.39 is 19.0 Å². The Kier molecular flexibility index (Phi) is 5.69. The number of thiazole rings is 1. The first-order chi connectivity index (χ1) is 8.74. The highest BCUT2D eigenvalue weighted by atomic mass is 32.1. The zero-order valence-corrected chi connectivity index (χ0v) is 11.4. The number of halogens is 4. The van der Waals surface area contributed by atoms with Crippen LogP contribution in [0.3, 0.4) is 0 Å². The van der Waals surface area contributed by atoms with Crippen LogP contribution in [0.5, 0.6) is 0 Å². The van der Waals surface area contributed by atoms with Crippen molar-refractivity contribution in [3.63, 3.8) is 0 Å². The Labute approximate surface area is 112 Å². The lowest BCUT2D eigenvalue weighted by molar-refractivity contribution is -0.168. The molecule has 19 heavy (non-hydrogen) atoms. The van der Waals surface area contributed by atoms with E-state index in [1.807, 2.05) is 13.8 Å². The van der Waals surface area contributed by atoms with Crippen molar-refractivity contribution < 1.29 is 22.3 Å².